The highest BCUT2D eigenvalue weighted by Gasteiger charge is 2.22. The van der Waals surface area contributed by atoms with Gasteiger partial charge in [0.05, 0.1) is 5.56 Å². The Kier molecular flexibility index (Phi) is 3.46. The first-order valence-electron chi connectivity index (χ1n) is 6.87. The molecule has 0 saturated heterocycles. The third kappa shape index (κ3) is 2.48. The molecule has 2 aromatic heterocycles. The number of nitrogens with two attached hydrogens (primary N) is 2. The van der Waals surface area contributed by atoms with Crippen molar-refractivity contribution in [3.8, 4) is 11.1 Å². The minimum atomic E-state index is -0.528. The van der Waals surface area contributed by atoms with Gasteiger partial charge >= 0.3 is 6.03 Å². The predicted molar refractivity (Wildman–Crippen MR) is 81.2 cm³/mol. The molecule has 22 heavy (non-hydrogen) atoms. The van der Waals surface area contributed by atoms with Crippen LogP contribution in [0, 0.1) is 0 Å². The zero-order chi connectivity index (χ0) is 15.7. The lowest BCUT2D eigenvalue weighted by Crippen LogP contribution is -2.40. The fourth-order valence-corrected chi connectivity index (χ4v) is 2.57. The van der Waals surface area contributed by atoms with E-state index >= 15 is 0 Å². The molecule has 3 heterocycles. The lowest BCUT2D eigenvalue weighted by Gasteiger charge is -2.26. The van der Waals surface area contributed by atoms with Crippen molar-refractivity contribution in [1.82, 2.24) is 9.97 Å². The second-order valence-electron chi connectivity index (χ2n) is 5.13. The van der Waals surface area contributed by atoms with E-state index in [4.69, 9.17) is 11.5 Å². The van der Waals surface area contributed by atoms with E-state index in [0.717, 1.165) is 29.5 Å². The van der Waals surface area contributed by atoms with Gasteiger partial charge in [0.25, 0.3) is 0 Å². The van der Waals surface area contributed by atoms with Crippen LogP contribution in [0.15, 0.2) is 30.7 Å². The number of amides is 3. The summed E-state index contributed by atoms with van der Waals surface area (Å²) in [6, 6.07) is 3.12. The molecule has 0 unspecified atom stereocenters. The Morgan fingerprint density at radius 3 is 2.59 bits per heavy atom. The van der Waals surface area contributed by atoms with Gasteiger partial charge in [-0.05, 0) is 30.5 Å². The lowest BCUT2D eigenvalue weighted by atomic mass is 10.0. The van der Waals surface area contributed by atoms with E-state index in [1.807, 2.05) is 6.07 Å². The third-order valence-electron chi connectivity index (χ3n) is 3.65. The summed E-state index contributed by atoms with van der Waals surface area (Å²) in [5, 5.41) is 0. The number of aromatic nitrogens is 2. The highest BCUT2D eigenvalue weighted by molar-refractivity contribution is 5.94. The van der Waals surface area contributed by atoms with Crippen LogP contribution >= 0.6 is 0 Å². The molecule has 1 aliphatic rings. The first-order valence-corrected chi connectivity index (χ1v) is 6.87. The topological polar surface area (TPSA) is 115 Å². The monoisotopic (exact) mass is 297 g/mol. The quantitative estimate of drug-likeness (QED) is 0.862. The maximum absolute atomic E-state index is 11.4. The molecule has 3 amide bonds. The number of fused-ring (bicyclic) bond motifs is 1. The highest BCUT2D eigenvalue weighted by atomic mass is 16.2. The van der Waals surface area contributed by atoms with E-state index in [9.17, 15) is 9.59 Å². The molecule has 7 heteroatoms. The molecule has 0 radical (unpaired) electrons. The molecule has 0 fully saturated rings. The Hall–Kier alpha value is -2.96. The van der Waals surface area contributed by atoms with Crippen molar-refractivity contribution in [2.24, 2.45) is 11.5 Å². The van der Waals surface area contributed by atoms with Gasteiger partial charge in [0, 0.05) is 36.3 Å². The van der Waals surface area contributed by atoms with Crippen LogP contribution in [0.5, 0.6) is 0 Å². The number of hydrogen-bond donors (Lipinski definition) is 2. The minimum Gasteiger partial charge on any atom is -0.366 e. The van der Waals surface area contributed by atoms with E-state index in [1.165, 1.54) is 11.1 Å². The molecule has 0 saturated carbocycles. The van der Waals surface area contributed by atoms with E-state index in [-0.39, 0.29) is 0 Å². The van der Waals surface area contributed by atoms with E-state index in [1.54, 1.807) is 18.5 Å². The van der Waals surface area contributed by atoms with Crippen LogP contribution in [-0.2, 0) is 6.42 Å². The van der Waals surface area contributed by atoms with Gasteiger partial charge in [-0.1, -0.05) is 0 Å². The number of urea groups is 1. The summed E-state index contributed by atoms with van der Waals surface area (Å²) in [6.07, 6.45) is 6.36. The Balaban J connectivity index is 2.02. The molecule has 0 bridgehead atoms. The molecule has 0 spiro atoms. The van der Waals surface area contributed by atoms with Gasteiger partial charge in [0.2, 0.25) is 5.91 Å². The van der Waals surface area contributed by atoms with Gasteiger partial charge in [-0.25, -0.2) is 9.78 Å². The average Bonchev–Trinajstić information content (AvgIpc) is 2.53. The Morgan fingerprint density at radius 2 is 1.86 bits per heavy atom. The summed E-state index contributed by atoms with van der Waals surface area (Å²) in [5.74, 6) is 0.0710. The fraction of sp³-hybridized carbons (Fsp3) is 0.200. The van der Waals surface area contributed by atoms with Crippen molar-refractivity contribution in [2.75, 3.05) is 11.4 Å². The van der Waals surface area contributed by atoms with Crippen LogP contribution in [0.3, 0.4) is 0 Å². The summed E-state index contributed by atoms with van der Waals surface area (Å²) in [6.45, 7) is 0.577. The van der Waals surface area contributed by atoms with Crippen molar-refractivity contribution in [3.63, 3.8) is 0 Å². The molecular weight excluding hydrogens is 282 g/mol. The summed E-state index contributed by atoms with van der Waals surface area (Å²) in [4.78, 5) is 32.5. The van der Waals surface area contributed by atoms with Crippen molar-refractivity contribution in [3.05, 3.63) is 41.9 Å². The molecular formula is C15H15N5O2. The number of carbonyl (C=O) groups excluding carboxylic acids is 2. The van der Waals surface area contributed by atoms with Crippen molar-refractivity contribution in [2.45, 2.75) is 12.8 Å². The van der Waals surface area contributed by atoms with Crippen LogP contribution in [0.2, 0.25) is 0 Å². The standard InChI is InChI=1S/C15H15N5O2/c16-13(21)12-5-10(6-18-7-12)11-4-9-2-1-3-20(15(17)22)14(9)19-8-11/h4-8H,1-3H2,(H2,16,21)(H2,17,22). The number of rotatable bonds is 2. The second kappa shape index (κ2) is 5.44. The van der Waals surface area contributed by atoms with Gasteiger partial charge in [-0.15, -0.1) is 0 Å². The SMILES string of the molecule is NC(=O)c1cncc(-c2cnc3c(c2)CCCN3C(N)=O)c1. The first kappa shape index (κ1) is 14.0. The van der Waals surface area contributed by atoms with Gasteiger partial charge in [-0.2, -0.15) is 0 Å². The third-order valence-corrected chi connectivity index (χ3v) is 3.65. The van der Waals surface area contributed by atoms with Crippen LogP contribution in [0.1, 0.15) is 22.3 Å². The van der Waals surface area contributed by atoms with Gasteiger partial charge in [0.1, 0.15) is 5.82 Å². The van der Waals surface area contributed by atoms with E-state index < -0.39 is 11.9 Å². The summed E-state index contributed by atoms with van der Waals surface area (Å²) < 4.78 is 0. The lowest BCUT2D eigenvalue weighted by molar-refractivity contribution is 0.1000. The number of primary amides is 2. The normalized spacial score (nSPS) is 13.5. The average molecular weight is 297 g/mol. The predicted octanol–water partition coefficient (Wildman–Crippen LogP) is 1.07. The molecule has 3 rings (SSSR count). The molecule has 112 valence electrons. The Morgan fingerprint density at radius 1 is 1.09 bits per heavy atom. The van der Waals surface area contributed by atoms with E-state index in [0.29, 0.717) is 17.9 Å². The Labute approximate surface area is 127 Å². The van der Waals surface area contributed by atoms with Crippen molar-refractivity contribution < 1.29 is 9.59 Å². The minimum absolute atomic E-state index is 0.342. The molecule has 1 aliphatic heterocycles. The highest BCUT2D eigenvalue weighted by Crippen LogP contribution is 2.29. The second-order valence-corrected chi connectivity index (χ2v) is 5.13. The Bertz CT molecular complexity index is 759. The van der Waals surface area contributed by atoms with Crippen LogP contribution in [0.4, 0.5) is 10.6 Å². The number of carbonyl (C=O) groups is 2. The number of nitrogens with zero attached hydrogens (tertiary/aromatic N) is 3. The number of anilines is 1. The summed E-state index contributed by atoms with van der Waals surface area (Å²) >= 11 is 0. The van der Waals surface area contributed by atoms with Gasteiger partial charge < -0.3 is 11.5 Å². The van der Waals surface area contributed by atoms with E-state index in [2.05, 4.69) is 9.97 Å². The molecule has 7 nitrogen and oxygen atoms in total. The number of hydrogen-bond acceptors (Lipinski definition) is 4. The molecule has 0 atom stereocenters. The van der Waals surface area contributed by atoms with Crippen molar-refractivity contribution in [1.29, 1.82) is 0 Å². The van der Waals surface area contributed by atoms with Gasteiger partial charge in [0.15, 0.2) is 0 Å². The molecule has 0 aromatic carbocycles. The fourth-order valence-electron chi connectivity index (χ4n) is 2.57. The zero-order valence-electron chi connectivity index (χ0n) is 11.8. The van der Waals surface area contributed by atoms with Crippen LogP contribution in [-0.4, -0.2) is 28.5 Å². The van der Waals surface area contributed by atoms with Gasteiger partial charge in [-0.3, -0.25) is 14.7 Å². The van der Waals surface area contributed by atoms with Crippen molar-refractivity contribution >= 4 is 17.8 Å². The molecule has 0 aliphatic carbocycles. The summed E-state index contributed by atoms with van der Waals surface area (Å²) in [7, 11) is 0. The summed E-state index contributed by atoms with van der Waals surface area (Å²) in [5.41, 5.74) is 13.5. The first-order chi connectivity index (χ1) is 10.6. The van der Waals surface area contributed by atoms with Crippen LogP contribution in [0.25, 0.3) is 11.1 Å². The maximum atomic E-state index is 11.4. The largest absolute Gasteiger partial charge is 0.366 e. The zero-order valence-corrected chi connectivity index (χ0v) is 11.8. The number of pyridine rings is 2. The molecule has 2 aromatic rings. The van der Waals surface area contributed by atoms with Crippen LogP contribution < -0.4 is 16.4 Å². The maximum Gasteiger partial charge on any atom is 0.320 e. The smallest absolute Gasteiger partial charge is 0.320 e. The number of aryl methyl sites for hydroxylation is 1. The molecule has 4 N–H and O–H groups in total.